The van der Waals surface area contributed by atoms with Crippen molar-refractivity contribution in [2.45, 2.75) is 51.8 Å². The fraction of sp³-hybridized carbons (Fsp3) is 0.583. The quantitative estimate of drug-likeness (QED) is 0.647. The van der Waals surface area contributed by atoms with Gasteiger partial charge < -0.3 is 9.15 Å². The number of ether oxygens (including phenoxy) is 1. The molecular formula is C24H33FN2O2. The van der Waals surface area contributed by atoms with E-state index in [9.17, 15) is 4.39 Å². The summed E-state index contributed by atoms with van der Waals surface area (Å²) in [7, 11) is 0. The number of nitrogens with zero attached hydrogens (tertiary/aromatic N) is 2. The molecular weight excluding hydrogens is 367 g/mol. The predicted molar refractivity (Wildman–Crippen MR) is 112 cm³/mol. The molecule has 158 valence electrons. The summed E-state index contributed by atoms with van der Waals surface area (Å²) in [6.45, 7) is 8.58. The number of halogens is 1. The third kappa shape index (κ3) is 5.91. The number of piperidine rings is 1. The average molecular weight is 401 g/mol. The first-order chi connectivity index (χ1) is 14.2. The Morgan fingerprint density at radius 3 is 2.59 bits per heavy atom. The molecule has 2 aliphatic rings. The third-order valence-electron chi connectivity index (χ3n) is 6.24. The van der Waals surface area contributed by atoms with Crippen LogP contribution in [0.25, 0.3) is 0 Å². The van der Waals surface area contributed by atoms with Crippen molar-refractivity contribution in [3.63, 3.8) is 0 Å². The summed E-state index contributed by atoms with van der Waals surface area (Å²) in [5.74, 6) is 2.59. The summed E-state index contributed by atoms with van der Waals surface area (Å²) in [4.78, 5) is 4.90. The van der Waals surface area contributed by atoms with Crippen molar-refractivity contribution in [1.29, 1.82) is 0 Å². The lowest BCUT2D eigenvalue weighted by Gasteiger charge is -2.35. The predicted octanol–water partition coefficient (Wildman–Crippen LogP) is 4.62. The van der Waals surface area contributed by atoms with Crippen LogP contribution in [0.2, 0.25) is 0 Å². The van der Waals surface area contributed by atoms with Gasteiger partial charge in [0.25, 0.3) is 0 Å². The van der Waals surface area contributed by atoms with Gasteiger partial charge in [-0.3, -0.25) is 9.80 Å². The molecule has 0 N–H and O–H groups in total. The molecule has 1 aromatic carbocycles. The Labute approximate surface area is 173 Å². The Morgan fingerprint density at radius 1 is 1.07 bits per heavy atom. The minimum absolute atomic E-state index is 0.0916. The first kappa shape index (κ1) is 20.6. The SMILES string of the molecule is Cc1ccc(CN(CC2CCN(Cc3ccccc3F)CC2)C[C@H]2CCCO2)o1. The summed E-state index contributed by atoms with van der Waals surface area (Å²) >= 11 is 0. The maximum absolute atomic E-state index is 13.9. The molecule has 29 heavy (non-hydrogen) atoms. The van der Waals surface area contributed by atoms with Crippen molar-refractivity contribution < 1.29 is 13.5 Å². The highest BCUT2D eigenvalue weighted by molar-refractivity contribution is 5.17. The van der Waals surface area contributed by atoms with E-state index in [0.29, 0.717) is 18.6 Å². The Kier molecular flexibility index (Phi) is 7.01. The van der Waals surface area contributed by atoms with Crippen molar-refractivity contribution >= 4 is 0 Å². The second-order valence-corrected chi connectivity index (χ2v) is 8.65. The number of likely N-dealkylation sites (tertiary alicyclic amines) is 1. The molecule has 0 spiro atoms. The molecule has 1 atom stereocenters. The molecule has 0 amide bonds. The number of furan rings is 1. The summed E-state index contributed by atoms with van der Waals surface area (Å²) in [6, 6.07) is 11.3. The second-order valence-electron chi connectivity index (χ2n) is 8.65. The van der Waals surface area contributed by atoms with Crippen LogP contribution in [0.4, 0.5) is 4.39 Å². The van der Waals surface area contributed by atoms with Crippen LogP contribution in [0, 0.1) is 18.7 Å². The van der Waals surface area contributed by atoms with Crippen molar-refractivity contribution in [3.8, 4) is 0 Å². The topological polar surface area (TPSA) is 28.9 Å². The third-order valence-corrected chi connectivity index (χ3v) is 6.24. The van der Waals surface area contributed by atoms with Gasteiger partial charge >= 0.3 is 0 Å². The number of hydrogen-bond donors (Lipinski definition) is 0. The van der Waals surface area contributed by atoms with Crippen LogP contribution in [0.5, 0.6) is 0 Å². The van der Waals surface area contributed by atoms with Crippen LogP contribution in [0.1, 0.15) is 42.8 Å². The molecule has 1 aromatic heterocycles. The van der Waals surface area contributed by atoms with E-state index in [1.165, 1.54) is 6.42 Å². The van der Waals surface area contributed by atoms with Crippen LogP contribution in [-0.4, -0.2) is 48.7 Å². The van der Waals surface area contributed by atoms with Crippen molar-refractivity contribution in [2.24, 2.45) is 5.92 Å². The smallest absolute Gasteiger partial charge is 0.127 e. The summed E-state index contributed by atoms with van der Waals surface area (Å²) in [5, 5.41) is 0. The van der Waals surface area contributed by atoms with Gasteiger partial charge in [0.15, 0.2) is 0 Å². The molecule has 4 rings (SSSR count). The fourth-order valence-electron chi connectivity index (χ4n) is 4.63. The van der Waals surface area contributed by atoms with Crippen molar-refractivity contribution in [3.05, 3.63) is 59.3 Å². The van der Waals surface area contributed by atoms with Crippen LogP contribution in [0.3, 0.4) is 0 Å². The Balaban J connectivity index is 1.30. The van der Waals surface area contributed by atoms with Gasteiger partial charge in [-0.05, 0) is 69.8 Å². The molecule has 3 heterocycles. The highest BCUT2D eigenvalue weighted by atomic mass is 19.1. The second kappa shape index (κ2) is 9.88. The number of rotatable bonds is 8. The Hall–Kier alpha value is -1.69. The van der Waals surface area contributed by atoms with E-state index in [1.807, 2.05) is 25.1 Å². The molecule has 2 fully saturated rings. The lowest BCUT2D eigenvalue weighted by Crippen LogP contribution is -2.40. The number of benzene rings is 1. The fourth-order valence-corrected chi connectivity index (χ4v) is 4.63. The molecule has 0 radical (unpaired) electrons. The van der Waals surface area contributed by atoms with E-state index in [1.54, 1.807) is 12.1 Å². The van der Waals surface area contributed by atoms with Gasteiger partial charge in [-0.2, -0.15) is 0 Å². The highest BCUT2D eigenvalue weighted by Crippen LogP contribution is 2.23. The van der Waals surface area contributed by atoms with Crippen LogP contribution in [-0.2, 0) is 17.8 Å². The molecule has 5 heteroatoms. The minimum atomic E-state index is -0.0916. The van der Waals surface area contributed by atoms with Crippen LogP contribution >= 0.6 is 0 Å². The van der Waals surface area contributed by atoms with Gasteiger partial charge in [-0.25, -0.2) is 4.39 Å². The molecule has 2 aromatic rings. The van der Waals surface area contributed by atoms with E-state index in [-0.39, 0.29) is 5.82 Å². The number of hydrogen-bond acceptors (Lipinski definition) is 4. The first-order valence-electron chi connectivity index (χ1n) is 11.0. The summed E-state index contributed by atoms with van der Waals surface area (Å²) in [6.07, 6.45) is 5.01. The normalized spacial score (nSPS) is 21.3. The maximum atomic E-state index is 13.9. The molecule has 0 saturated carbocycles. The Bertz CT molecular complexity index is 764. The Morgan fingerprint density at radius 2 is 1.90 bits per heavy atom. The van der Waals surface area contributed by atoms with Gasteiger partial charge in [-0.1, -0.05) is 18.2 Å². The van der Waals surface area contributed by atoms with Crippen molar-refractivity contribution in [1.82, 2.24) is 9.80 Å². The van der Waals surface area contributed by atoms with Crippen molar-refractivity contribution in [2.75, 3.05) is 32.8 Å². The molecule has 2 saturated heterocycles. The minimum Gasteiger partial charge on any atom is -0.465 e. The zero-order valence-electron chi connectivity index (χ0n) is 17.5. The maximum Gasteiger partial charge on any atom is 0.127 e. The first-order valence-corrected chi connectivity index (χ1v) is 11.0. The van der Waals surface area contributed by atoms with E-state index in [4.69, 9.17) is 9.15 Å². The highest BCUT2D eigenvalue weighted by Gasteiger charge is 2.25. The lowest BCUT2D eigenvalue weighted by atomic mass is 9.95. The lowest BCUT2D eigenvalue weighted by molar-refractivity contribution is 0.0543. The van der Waals surface area contributed by atoms with E-state index >= 15 is 0 Å². The number of aryl methyl sites for hydroxylation is 1. The molecule has 4 nitrogen and oxygen atoms in total. The monoisotopic (exact) mass is 400 g/mol. The van der Waals surface area contributed by atoms with Gasteiger partial charge in [-0.15, -0.1) is 0 Å². The van der Waals surface area contributed by atoms with Gasteiger partial charge in [0.1, 0.15) is 17.3 Å². The van der Waals surface area contributed by atoms with Gasteiger partial charge in [0, 0.05) is 31.8 Å². The van der Waals surface area contributed by atoms with Crippen LogP contribution in [0.15, 0.2) is 40.8 Å². The van der Waals surface area contributed by atoms with Crippen LogP contribution < -0.4 is 0 Å². The molecule has 2 aliphatic heterocycles. The zero-order chi connectivity index (χ0) is 20.1. The van der Waals surface area contributed by atoms with E-state index in [2.05, 4.69) is 15.9 Å². The summed E-state index contributed by atoms with van der Waals surface area (Å²) in [5.41, 5.74) is 0.805. The van der Waals surface area contributed by atoms with Gasteiger partial charge in [0.05, 0.1) is 12.6 Å². The summed E-state index contributed by atoms with van der Waals surface area (Å²) < 4.78 is 25.7. The molecule has 0 aliphatic carbocycles. The molecule has 0 unspecified atom stereocenters. The largest absolute Gasteiger partial charge is 0.465 e. The van der Waals surface area contributed by atoms with E-state index in [0.717, 1.165) is 75.7 Å². The average Bonchev–Trinajstić information content (AvgIpc) is 3.37. The zero-order valence-corrected chi connectivity index (χ0v) is 17.5. The van der Waals surface area contributed by atoms with E-state index < -0.39 is 0 Å². The molecule has 0 bridgehead atoms. The standard InChI is InChI=1S/C24H33FN2O2/c1-19-8-9-23(29-19)18-27(17-22-6-4-14-28-22)15-20-10-12-26(13-11-20)16-21-5-2-3-7-24(21)25/h2-3,5,7-9,20,22H,4,6,10-18H2,1H3/t22-/m1/s1. The van der Waals surface area contributed by atoms with Gasteiger partial charge in [0.2, 0.25) is 0 Å².